The van der Waals surface area contributed by atoms with E-state index in [1.807, 2.05) is 30.3 Å². The zero-order chi connectivity index (χ0) is 13.2. The lowest BCUT2D eigenvalue weighted by molar-refractivity contribution is 0.103. The van der Waals surface area contributed by atoms with Crippen molar-refractivity contribution in [3.63, 3.8) is 0 Å². The van der Waals surface area contributed by atoms with Gasteiger partial charge in [-0.2, -0.15) is 0 Å². The van der Waals surface area contributed by atoms with Crippen molar-refractivity contribution in [1.29, 1.82) is 0 Å². The Labute approximate surface area is 122 Å². The zero-order valence-electron chi connectivity index (χ0n) is 9.76. The molecule has 0 aliphatic carbocycles. The molecule has 0 aliphatic heterocycles. The SMILES string of the molecule is O=C(Nc1cccc2cnccc12)c1ccc(Br)s1. The average molecular weight is 333 g/mol. The highest BCUT2D eigenvalue weighted by molar-refractivity contribution is 9.11. The lowest BCUT2D eigenvalue weighted by atomic mass is 10.1. The van der Waals surface area contributed by atoms with Gasteiger partial charge in [0.2, 0.25) is 0 Å². The van der Waals surface area contributed by atoms with Crippen molar-refractivity contribution < 1.29 is 4.79 Å². The Kier molecular flexibility index (Phi) is 3.31. The highest BCUT2D eigenvalue weighted by Crippen LogP contribution is 2.25. The normalized spacial score (nSPS) is 10.6. The van der Waals surface area contributed by atoms with Crippen LogP contribution in [0.5, 0.6) is 0 Å². The number of hydrogen-bond donors (Lipinski definition) is 1. The smallest absolute Gasteiger partial charge is 0.265 e. The fourth-order valence-corrected chi connectivity index (χ4v) is 3.13. The molecule has 94 valence electrons. The summed E-state index contributed by atoms with van der Waals surface area (Å²) in [6, 6.07) is 11.3. The number of rotatable bonds is 2. The van der Waals surface area contributed by atoms with E-state index in [2.05, 4.69) is 26.2 Å². The van der Waals surface area contributed by atoms with E-state index in [1.165, 1.54) is 11.3 Å². The van der Waals surface area contributed by atoms with Crippen LogP contribution in [0.1, 0.15) is 9.67 Å². The summed E-state index contributed by atoms with van der Waals surface area (Å²) in [6.45, 7) is 0. The Morgan fingerprint density at radius 3 is 2.89 bits per heavy atom. The number of fused-ring (bicyclic) bond motifs is 1. The third kappa shape index (κ3) is 2.52. The summed E-state index contributed by atoms with van der Waals surface area (Å²) in [5.41, 5.74) is 0.800. The van der Waals surface area contributed by atoms with Gasteiger partial charge in [-0.3, -0.25) is 9.78 Å². The predicted molar refractivity (Wildman–Crippen MR) is 81.7 cm³/mol. The molecule has 3 aromatic rings. The van der Waals surface area contributed by atoms with Crippen LogP contribution in [-0.2, 0) is 0 Å². The van der Waals surface area contributed by atoms with E-state index in [9.17, 15) is 4.79 Å². The number of carbonyl (C=O) groups is 1. The van der Waals surface area contributed by atoms with Gasteiger partial charge in [-0.05, 0) is 40.2 Å². The van der Waals surface area contributed by atoms with Crippen molar-refractivity contribution in [1.82, 2.24) is 4.98 Å². The quantitative estimate of drug-likeness (QED) is 0.759. The first-order valence-corrected chi connectivity index (χ1v) is 7.24. The topological polar surface area (TPSA) is 42.0 Å². The van der Waals surface area contributed by atoms with E-state index in [4.69, 9.17) is 0 Å². The number of halogens is 1. The Balaban J connectivity index is 1.95. The molecule has 19 heavy (non-hydrogen) atoms. The van der Waals surface area contributed by atoms with E-state index < -0.39 is 0 Å². The molecule has 3 nitrogen and oxygen atoms in total. The maximum absolute atomic E-state index is 12.1. The summed E-state index contributed by atoms with van der Waals surface area (Å²) >= 11 is 4.77. The highest BCUT2D eigenvalue weighted by Gasteiger charge is 2.10. The molecule has 0 fully saturated rings. The van der Waals surface area contributed by atoms with E-state index in [1.54, 1.807) is 18.5 Å². The van der Waals surface area contributed by atoms with Crippen LogP contribution in [0.2, 0.25) is 0 Å². The molecule has 1 amide bonds. The van der Waals surface area contributed by atoms with Crippen molar-refractivity contribution in [3.05, 3.63) is 57.5 Å². The van der Waals surface area contributed by atoms with Crippen LogP contribution in [0.25, 0.3) is 10.8 Å². The van der Waals surface area contributed by atoms with Gasteiger partial charge in [-0.15, -0.1) is 11.3 Å². The fourth-order valence-electron chi connectivity index (χ4n) is 1.85. The second-order valence-corrected chi connectivity index (χ2v) is 6.42. The van der Waals surface area contributed by atoms with Gasteiger partial charge in [0.15, 0.2) is 0 Å². The lowest BCUT2D eigenvalue weighted by Crippen LogP contribution is -2.10. The number of nitrogens with zero attached hydrogens (tertiary/aromatic N) is 1. The standard InChI is InChI=1S/C14H9BrN2OS/c15-13-5-4-12(19-13)14(18)17-11-3-1-2-9-8-16-7-6-10(9)11/h1-8H,(H,17,18). The minimum Gasteiger partial charge on any atom is -0.321 e. The molecule has 0 atom stereocenters. The Morgan fingerprint density at radius 2 is 2.11 bits per heavy atom. The number of nitrogens with one attached hydrogen (secondary N) is 1. The molecule has 1 N–H and O–H groups in total. The van der Waals surface area contributed by atoms with Gasteiger partial charge < -0.3 is 5.32 Å². The van der Waals surface area contributed by atoms with E-state index in [0.29, 0.717) is 4.88 Å². The number of anilines is 1. The largest absolute Gasteiger partial charge is 0.321 e. The minimum absolute atomic E-state index is 0.0972. The maximum atomic E-state index is 12.1. The molecule has 0 saturated heterocycles. The molecule has 2 aromatic heterocycles. The first-order chi connectivity index (χ1) is 9.24. The van der Waals surface area contributed by atoms with Crippen molar-refractivity contribution in [2.24, 2.45) is 0 Å². The molecule has 0 radical (unpaired) electrons. The predicted octanol–water partition coefficient (Wildman–Crippen LogP) is 4.31. The second kappa shape index (κ2) is 5.11. The summed E-state index contributed by atoms with van der Waals surface area (Å²) in [6.07, 6.45) is 3.51. The number of benzene rings is 1. The van der Waals surface area contributed by atoms with E-state index >= 15 is 0 Å². The van der Waals surface area contributed by atoms with Gasteiger partial charge in [-0.25, -0.2) is 0 Å². The van der Waals surface area contributed by atoms with Crippen LogP contribution in [0, 0.1) is 0 Å². The Bertz CT molecular complexity index is 749. The van der Waals surface area contributed by atoms with Crippen LogP contribution in [0.4, 0.5) is 5.69 Å². The van der Waals surface area contributed by atoms with Crippen molar-refractivity contribution >= 4 is 49.6 Å². The molecule has 0 spiro atoms. The van der Waals surface area contributed by atoms with Gasteiger partial charge in [0.05, 0.1) is 8.66 Å². The summed E-state index contributed by atoms with van der Waals surface area (Å²) in [5.74, 6) is -0.0972. The maximum Gasteiger partial charge on any atom is 0.265 e. The number of hydrogen-bond acceptors (Lipinski definition) is 3. The van der Waals surface area contributed by atoms with Gasteiger partial charge in [0.25, 0.3) is 5.91 Å². The number of thiophene rings is 1. The summed E-state index contributed by atoms with van der Waals surface area (Å²) in [5, 5.41) is 4.93. The summed E-state index contributed by atoms with van der Waals surface area (Å²) in [4.78, 5) is 16.9. The first kappa shape index (κ1) is 12.3. The summed E-state index contributed by atoms with van der Waals surface area (Å²) < 4.78 is 0.944. The molecular weight excluding hydrogens is 324 g/mol. The molecule has 1 aromatic carbocycles. The van der Waals surface area contributed by atoms with Crippen molar-refractivity contribution in [2.75, 3.05) is 5.32 Å². The number of pyridine rings is 1. The van der Waals surface area contributed by atoms with Crippen molar-refractivity contribution in [3.8, 4) is 0 Å². The molecule has 0 bridgehead atoms. The van der Waals surface area contributed by atoms with Crippen LogP contribution < -0.4 is 5.32 Å². The van der Waals surface area contributed by atoms with Gasteiger partial charge >= 0.3 is 0 Å². The highest BCUT2D eigenvalue weighted by atomic mass is 79.9. The molecule has 2 heterocycles. The molecule has 0 aliphatic rings. The Hall–Kier alpha value is -1.72. The molecule has 0 saturated carbocycles. The average Bonchev–Trinajstić information content (AvgIpc) is 2.86. The second-order valence-electron chi connectivity index (χ2n) is 3.96. The van der Waals surface area contributed by atoms with E-state index in [-0.39, 0.29) is 5.91 Å². The third-order valence-electron chi connectivity index (χ3n) is 2.73. The molecule has 5 heteroatoms. The van der Waals surface area contributed by atoms with Crippen LogP contribution >= 0.6 is 27.3 Å². The molecule has 3 rings (SSSR count). The van der Waals surface area contributed by atoms with Gasteiger partial charge in [-0.1, -0.05) is 12.1 Å². The number of amides is 1. The number of carbonyl (C=O) groups excluding carboxylic acids is 1. The third-order valence-corrected chi connectivity index (χ3v) is 4.35. The van der Waals surface area contributed by atoms with Crippen LogP contribution in [0.15, 0.2) is 52.6 Å². The fraction of sp³-hybridized carbons (Fsp3) is 0. The first-order valence-electron chi connectivity index (χ1n) is 5.63. The monoisotopic (exact) mass is 332 g/mol. The van der Waals surface area contributed by atoms with Gasteiger partial charge in [0, 0.05) is 28.9 Å². The van der Waals surface area contributed by atoms with Gasteiger partial charge in [0.1, 0.15) is 0 Å². The minimum atomic E-state index is -0.0972. The molecule has 0 unspecified atom stereocenters. The van der Waals surface area contributed by atoms with Crippen LogP contribution in [0.3, 0.4) is 0 Å². The molecular formula is C14H9BrN2OS. The lowest BCUT2D eigenvalue weighted by Gasteiger charge is -2.07. The zero-order valence-corrected chi connectivity index (χ0v) is 12.2. The Morgan fingerprint density at radius 1 is 1.21 bits per heavy atom. The van der Waals surface area contributed by atoms with Crippen molar-refractivity contribution in [2.45, 2.75) is 0 Å². The summed E-state index contributed by atoms with van der Waals surface area (Å²) in [7, 11) is 0. The number of aromatic nitrogens is 1. The van der Waals surface area contributed by atoms with Crippen LogP contribution in [-0.4, -0.2) is 10.9 Å². The van der Waals surface area contributed by atoms with E-state index in [0.717, 1.165) is 20.2 Å².